The lowest BCUT2D eigenvalue weighted by atomic mass is 10.1. The molecule has 1 heterocycles. The Morgan fingerprint density at radius 2 is 2.19 bits per heavy atom. The van der Waals surface area contributed by atoms with Gasteiger partial charge in [-0.3, -0.25) is 10.1 Å². The van der Waals surface area contributed by atoms with Crippen LogP contribution in [-0.4, -0.2) is 12.0 Å². The first kappa shape index (κ1) is 10.6. The molecule has 1 aromatic heterocycles. The van der Waals surface area contributed by atoms with Crippen molar-refractivity contribution in [1.29, 1.82) is 0 Å². The smallest absolute Gasteiger partial charge is 0.292 e. The minimum Gasteiger partial charge on any atom is -0.383 e. The topological polar surface area (TPSA) is 55.2 Å². The Hall–Kier alpha value is -1.88. The quantitative estimate of drug-likeness (QED) is 0.654. The van der Waals surface area contributed by atoms with E-state index in [1.165, 1.54) is 0 Å². The van der Waals surface area contributed by atoms with Gasteiger partial charge in [0.05, 0.1) is 4.92 Å². The number of hydrogen-bond acceptors (Lipinski definition) is 4. The van der Waals surface area contributed by atoms with Gasteiger partial charge in [-0.2, -0.15) is 0 Å². The molecule has 0 amide bonds. The third-order valence-electron chi connectivity index (χ3n) is 2.27. The molecule has 2 aromatic rings. The van der Waals surface area contributed by atoms with Crippen LogP contribution in [0, 0.1) is 10.1 Å². The number of thiophene rings is 1. The molecule has 0 aliphatic heterocycles. The lowest BCUT2D eigenvalue weighted by Crippen LogP contribution is -1.96. The van der Waals surface area contributed by atoms with Crippen LogP contribution in [0.3, 0.4) is 0 Å². The minimum atomic E-state index is -0.372. The molecular weight excluding hydrogens is 224 g/mol. The van der Waals surface area contributed by atoms with E-state index in [-0.39, 0.29) is 10.6 Å². The van der Waals surface area contributed by atoms with Crippen LogP contribution in [0.15, 0.2) is 35.7 Å². The second-order valence-electron chi connectivity index (χ2n) is 3.22. The minimum absolute atomic E-state index is 0.105. The summed E-state index contributed by atoms with van der Waals surface area (Å²) in [6.07, 6.45) is 0. The zero-order chi connectivity index (χ0) is 11.5. The highest BCUT2D eigenvalue weighted by atomic mass is 32.1. The van der Waals surface area contributed by atoms with Crippen molar-refractivity contribution in [2.45, 2.75) is 0 Å². The van der Waals surface area contributed by atoms with Gasteiger partial charge in [0, 0.05) is 18.0 Å². The predicted octanol–water partition coefficient (Wildman–Crippen LogP) is 3.37. The normalized spacial score (nSPS) is 10.1. The standard InChI is InChI=1S/C11H10N2O2S/c1-12-9-5-4-8(7-10(9)13(14)15)11-3-2-6-16-11/h2-7,12H,1H3. The van der Waals surface area contributed by atoms with Gasteiger partial charge in [0.25, 0.3) is 5.69 Å². The molecule has 5 heteroatoms. The van der Waals surface area contributed by atoms with E-state index in [1.54, 1.807) is 30.5 Å². The fourth-order valence-corrected chi connectivity index (χ4v) is 2.21. The Labute approximate surface area is 96.7 Å². The van der Waals surface area contributed by atoms with Crippen molar-refractivity contribution in [1.82, 2.24) is 0 Å². The molecule has 0 aliphatic carbocycles. The molecule has 1 N–H and O–H groups in total. The van der Waals surface area contributed by atoms with Gasteiger partial charge in [0.15, 0.2) is 0 Å². The van der Waals surface area contributed by atoms with Gasteiger partial charge in [-0.05, 0) is 23.1 Å². The van der Waals surface area contributed by atoms with Gasteiger partial charge in [-0.15, -0.1) is 11.3 Å². The highest BCUT2D eigenvalue weighted by Crippen LogP contribution is 2.32. The summed E-state index contributed by atoms with van der Waals surface area (Å²) < 4.78 is 0. The molecule has 0 unspecified atom stereocenters. The Morgan fingerprint density at radius 3 is 2.75 bits per heavy atom. The molecule has 0 bridgehead atoms. The molecule has 0 fully saturated rings. The maximum atomic E-state index is 10.9. The van der Waals surface area contributed by atoms with Crippen LogP contribution in [-0.2, 0) is 0 Å². The molecule has 0 aliphatic rings. The van der Waals surface area contributed by atoms with Gasteiger partial charge < -0.3 is 5.32 Å². The first-order chi connectivity index (χ1) is 7.72. The maximum absolute atomic E-state index is 10.9. The van der Waals surface area contributed by atoms with Gasteiger partial charge >= 0.3 is 0 Å². The number of anilines is 1. The highest BCUT2D eigenvalue weighted by Gasteiger charge is 2.14. The lowest BCUT2D eigenvalue weighted by Gasteiger charge is -2.03. The summed E-state index contributed by atoms with van der Waals surface area (Å²) in [4.78, 5) is 11.5. The SMILES string of the molecule is CNc1ccc(-c2cccs2)cc1[N+](=O)[O-]. The Morgan fingerprint density at radius 1 is 1.38 bits per heavy atom. The third kappa shape index (κ3) is 1.90. The Bertz CT molecular complexity index is 509. The molecule has 0 saturated carbocycles. The van der Waals surface area contributed by atoms with E-state index in [0.29, 0.717) is 5.69 Å². The van der Waals surface area contributed by atoms with E-state index in [2.05, 4.69) is 5.32 Å². The van der Waals surface area contributed by atoms with Crippen molar-refractivity contribution in [3.63, 3.8) is 0 Å². The molecule has 0 radical (unpaired) electrons. The van der Waals surface area contributed by atoms with E-state index in [9.17, 15) is 10.1 Å². The first-order valence-corrected chi connectivity index (χ1v) is 5.60. The molecule has 0 atom stereocenters. The number of nitro benzene ring substituents is 1. The van der Waals surface area contributed by atoms with Crippen LogP contribution in [0.2, 0.25) is 0 Å². The van der Waals surface area contributed by atoms with E-state index in [0.717, 1.165) is 10.4 Å². The van der Waals surface area contributed by atoms with Gasteiger partial charge in [-0.25, -0.2) is 0 Å². The molecule has 4 nitrogen and oxygen atoms in total. The zero-order valence-corrected chi connectivity index (χ0v) is 9.45. The zero-order valence-electron chi connectivity index (χ0n) is 8.64. The summed E-state index contributed by atoms with van der Waals surface area (Å²) in [5.74, 6) is 0. The van der Waals surface area contributed by atoms with Crippen LogP contribution in [0.1, 0.15) is 0 Å². The molecule has 0 saturated heterocycles. The summed E-state index contributed by atoms with van der Waals surface area (Å²) in [6, 6.07) is 9.08. The highest BCUT2D eigenvalue weighted by molar-refractivity contribution is 7.13. The summed E-state index contributed by atoms with van der Waals surface area (Å²) in [5.41, 5.74) is 1.51. The van der Waals surface area contributed by atoms with Crippen LogP contribution in [0.5, 0.6) is 0 Å². The largest absolute Gasteiger partial charge is 0.383 e. The second kappa shape index (κ2) is 4.32. The number of nitrogens with one attached hydrogen (secondary N) is 1. The molecule has 0 spiro atoms. The van der Waals surface area contributed by atoms with Gasteiger partial charge in [0.2, 0.25) is 0 Å². The number of rotatable bonds is 3. The fraction of sp³-hybridized carbons (Fsp3) is 0.0909. The van der Waals surface area contributed by atoms with Crippen LogP contribution in [0.25, 0.3) is 10.4 Å². The Balaban J connectivity index is 2.51. The third-order valence-corrected chi connectivity index (χ3v) is 3.19. The molecule has 2 rings (SSSR count). The number of nitro groups is 1. The van der Waals surface area contributed by atoms with Crippen molar-refractivity contribution < 1.29 is 4.92 Å². The second-order valence-corrected chi connectivity index (χ2v) is 4.16. The van der Waals surface area contributed by atoms with E-state index in [1.807, 2.05) is 23.6 Å². The van der Waals surface area contributed by atoms with Crippen LogP contribution >= 0.6 is 11.3 Å². The number of nitrogens with zero attached hydrogens (tertiary/aromatic N) is 1. The fourth-order valence-electron chi connectivity index (χ4n) is 1.49. The maximum Gasteiger partial charge on any atom is 0.292 e. The molecule has 82 valence electrons. The average molecular weight is 234 g/mol. The van der Waals surface area contributed by atoms with Gasteiger partial charge in [-0.1, -0.05) is 12.1 Å². The average Bonchev–Trinajstić information content (AvgIpc) is 2.81. The van der Waals surface area contributed by atoms with Gasteiger partial charge in [0.1, 0.15) is 5.69 Å². The lowest BCUT2D eigenvalue weighted by molar-refractivity contribution is -0.383. The molecule has 16 heavy (non-hydrogen) atoms. The van der Waals surface area contributed by atoms with E-state index >= 15 is 0 Å². The molecular formula is C11H10N2O2S. The summed E-state index contributed by atoms with van der Waals surface area (Å²) >= 11 is 1.57. The van der Waals surface area contributed by atoms with Crippen molar-refractivity contribution in [3.05, 3.63) is 45.8 Å². The summed E-state index contributed by atoms with van der Waals surface area (Å²) in [7, 11) is 1.67. The number of benzene rings is 1. The van der Waals surface area contributed by atoms with Crippen LogP contribution in [0.4, 0.5) is 11.4 Å². The predicted molar refractivity (Wildman–Crippen MR) is 66.0 cm³/mol. The van der Waals surface area contributed by atoms with Crippen molar-refractivity contribution in [2.24, 2.45) is 0 Å². The van der Waals surface area contributed by atoms with E-state index in [4.69, 9.17) is 0 Å². The van der Waals surface area contributed by atoms with Crippen molar-refractivity contribution >= 4 is 22.7 Å². The van der Waals surface area contributed by atoms with Crippen molar-refractivity contribution in [3.8, 4) is 10.4 Å². The van der Waals surface area contributed by atoms with E-state index < -0.39 is 0 Å². The first-order valence-electron chi connectivity index (χ1n) is 4.72. The van der Waals surface area contributed by atoms with Crippen molar-refractivity contribution in [2.75, 3.05) is 12.4 Å². The summed E-state index contributed by atoms with van der Waals surface area (Å²) in [5, 5.41) is 15.6. The Kier molecular flexibility index (Phi) is 2.87. The van der Waals surface area contributed by atoms with Crippen LogP contribution < -0.4 is 5.32 Å². The monoisotopic (exact) mass is 234 g/mol. The summed E-state index contributed by atoms with van der Waals surface area (Å²) in [6.45, 7) is 0. The molecule has 1 aromatic carbocycles. The number of hydrogen-bond donors (Lipinski definition) is 1.